The van der Waals surface area contributed by atoms with Crippen LogP contribution in [0.1, 0.15) is 35.6 Å². The molecule has 29 heavy (non-hydrogen) atoms. The van der Waals surface area contributed by atoms with Crippen molar-refractivity contribution >= 4 is 0 Å². The summed E-state index contributed by atoms with van der Waals surface area (Å²) in [6, 6.07) is 30.8. The highest BCUT2D eigenvalue weighted by Crippen LogP contribution is 2.33. The monoisotopic (exact) mass is 386 g/mol. The number of para-hydroxylation sites is 1. The molecule has 1 N–H and O–H groups in total. The molecule has 2 atom stereocenters. The molecule has 1 aliphatic rings. The smallest absolute Gasteiger partial charge is 0.123 e. The van der Waals surface area contributed by atoms with Crippen LogP contribution in [0.25, 0.3) is 0 Å². The number of hydrogen-bond donors (Lipinski definition) is 1. The summed E-state index contributed by atoms with van der Waals surface area (Å²) >= 11 is 0. The van der Waals surface area contributed by atoms with E-state index in [0.29, 0.717) is 12.1 Å². The molecule has 0 spiro atoms. The molecule has 3 heteroatoms. The Morgan fingerprint density at radius 1 is 0.897 bits per heavy atom. The third kappa shape index (κ3) is 4.87. The van der Waals surface area contributed by atoms with E-state index in [4.69, 9.17) is 4.74 Å². The zero-order valence-corrected chi connectivity index (χ0v) is 17.1. The molecule has 0 saturated carbocycles. The molecule has 3 nitrogen and oxygen atoms in total. The second-order valence-electron chi connectivity index (χ2n) is 7.75. The summed E-state index contributed by atoms with van der Waals surface area (Å²) in [5, 5.41) is 3.86. The maximum atomic E-state index is 5.55. The Kier molecular flexibility index (Phi) is 6.60. The highest BCUT2D eigenvalue weighted by atomic mass is 16.5. The van der Waals surface area contributed by atoms with Crippen LogP contribution < -0.4 is 10.1 Å². The van der Waals surface area contributed by atoms with Crippen LogP contribution in [0.2, 0.25) is 0 Å². The summed E-state index contributed by atoms with van der Waals surface area (Å²) in [5.74, 6) is 0.952. The van der Waals surface area contributed by atoms with Crippen LogP contribution in [0, 0.1) is 0 Å². The summed E-state index contributed by atoms with van der Waals surface area (Å²) in [5.41, 5.74) is 3.97. The summed E-state index contributed by atoms with van der Waals surface area (Å²) in [4.78, 5) is 2.63. The van der Waals surface area contributed by atoms with Crippen LogP contribution in [0.5, 0.6) is 5.75 Å². The molecule has 1 heterocycles. The lowest BCUT2D eigenvalue weighted by Crippen LogP contribution is -2.47. The van der Waals surface area contributed by atoms with Crippen molar-refractivity contribution < 1.29 is 4.74 Å². The van der Waals surface area contributed by atoms with Gasteiger partial charge in [0, 0.05) is 24.7 Å². The van der Waals surface area contributed by atoms with E-state index in [1.165, 1.54) is 29.5 Å². The fraction of sp³-hybridized carbons (Fsp3) is 0.308. The summed E-state index contributed by atoms with van der Waals surface area (Å²) in [7, 11) is 1.74. The SMILES string of the molecule is COc1ccccc1CN[C@@H]1CCCN(Cc2ccccc2)[C@@H]1c1ccccc1. The Morgan fingerprint density at radius 2 is 1.59 bits per heavy atom. The highest BCUT2D eigenvalue weighted by Gasteiger charge is 2.32. The van der Waals surface area contributed by atoms with Gasteiger partial charge < -0.3 is 10.1 Å². The maximum absolute atomic E-state index is 5.55. The van der Waals surface area contributed by atoms with Gasteiger partial charge in [-0.2, -0.15) is 0 Å². The van der Waals surface area contributed by atoms with Crippen LogP contribution >= 0.6 is 0 Å². The number of piperidine rings is 1. The molecule has 0 bridgehead atoms. The molecule has 3 aromatic rings. The molecular weight excluding hydrogens is 356 g/mol. The number of nitrogens with zero attached hydrogens (tertiary/aromatic N) is 1. The van der Waals surface area contributed by atoms with Gasteiger partial charge in [0.1, 0.15) is 5.75 Å². The standard InChI is InChI=1S/C26H30N2O/c1-29-25-17-9-8-15-23(25)19-27-24-16-10-18-28(20-21-11-4-2-5-12-21)26(24)22-13-6-3-7-14-22/h2-9,11-15,17,24,26-27H,10,16,18-20H2,1H3/t24-,26-/m1/s1. The highest BCUT2D eigenvalue weighted by molar-refractivity contribution is 5.33. The van der Waals surface area contributed by atoms with Crippen LogP contribution in [0.3, 0.4) is 0 Å². The lowest BCUT2D eigenvalue weighted by Gasteiger charge is -2.42. The zero-order valence-electron chi connectivity index (χ0n) is 17.1. The van der Waals surface area contributed by atoms with E-state index in [0.717, 1.165) is 25.4 Å². The fourth-order valence-electron chi connectivity index (χ4n) is 4.46. The quantitative estimate of drug-likeness (QED) is 0.605. The topological polar surface area (TPSA) is 24.5 Å². The van der Waals surface area contributed by atoms with Crippen molar-refractivity contribution in [2.24, 2.45) is 0 Å². The van der Waals surface area contributed by atoms with E-state index in [2.05, 4.69) is 83.0 Å². The Morgan fingerprint density at radius 3 is 2.34 bits per heavy atom. The largest absolute Gasteiger partial charge is 0.496 e. The minimum Gasteiger partial charge on any atom is -0.496 e. The van der Waals surface area contributed by atoms with Crippen molar-refractivity contribution in [2.45, 2.75) is 38.0 Å². The van der Waals surface area contributed by atoms with E-state index >= 15 is 0 Å². The van der Waals surface area contributed by atoms with Crippen molar-refractivity contribution in [3.05, 3.63) is 102 Å². The van der Waals surface area contributed by atoms with Gasteiger partial charge in [-0.1, -0.05) is 78.9 Å². The van der Waals surface area contributed by atoms with E-state index in [1.807, 2.05) is 12.1 Å². The molecule has 0 amide bonds. The number of likely N-dealkylation sites (tertiary alicyclic amines) is 1. The molecule has 0 aliphatic carbocycles. The number of benzene rings is 3. The average Bonchev–Trinajstić information content (AvgIpc) is 2.79. The van der Waals surface area contributed by atoms with Gasteiger partial charge in [-0.05, 0) is 36.6 Å². The van der Waals surface area contributed by atoms with Gasteiger partial charge in [-0.3, -0.25) is 4.90 Å². The molecule has 0 unspecified atom stereocenters. The zero-order chi connectivity index (χ0) is 19.9. The Hall–Kier alpha value is -2.62. The van der Waals surface area contributed by atoms with Crippen molar-refractivity contribution in [1.29, 1.82) is 0 Å². The van der Waals surface area contributed by atoms with Crippen LogP contribution in [0.4, 0.5) is 0 Å². The molecule has 1 aliphatic heterocycles. The predicted octanol–water partition coefficient (Wildman–Crippen LogP) is 5.19. The number of hydrogen-bond acceptors (Lipinski definition) is 3. The molecule has 4 rings (SSSR count). The summed E-state index contributed by atoms with van der Waals surface area (Å²) in [6.07, 6.45) is 2.39. The summed E-state index contributed by atoms with van der Waals surface area (Å²) in [6.45, 7) is 2.92. The van der Waals surface area contributed by atoms with Crippen LogP contribution in [-0.4, -0.2) is 24.6 Å². The number of ether oxygens (including phenoxy) is 1. The van der Waals surface area contributed by atoms with E-state index in [-0.39, 0.29) is 0 Å². The van der Waals surface area contributed by atoms with E-state index < -0.39 is 0 Å². The second-order valence-corrected chi connectivity index (χ2v) is 7.75. The Bertz CT molecular complexity index is 881. The first-order valence-electron chi connectivity index (χ1n) is 10.5. The number of nitrogens with one attached hydrogen (secondary N) is 1. The molecule has 0 aromatic heterocycles. The van der Waals surface area contributed by atoms with Gasteiger partial charge in [-0.25, -0.2) is 0 Å². The van der Waals surface area contributed by atoms with Crippen molar-refractivity contribution in [3.8, 4) is 5.75 Å². The molecule has 0 radical (unpaired) electrons. The number of rotatable bonds is 7. The fourth-order valence-corrected chi connectivity index (χ4v) is 4.46. The molecule has 3 aromatic carbocycles. The van der Waals surface area contributed by atoms with Gasteiger partial charge in [0.2, 0.25) is 0 Å². The lowest BCUT2D eigenvalue weighted by atomic mass is 9.89. The van der Waals surface area contributed by atoms with Gasteiger partial charge in [0.05, 0.1) is 13.2 Å². The first-order valence-corrected chi connectivity index (χ1v) is 10.5. The average molecular weight is 387 g/mol. The minimum absolute atomic E-state index is 0.361. The third-order valence-electron chi connectivity index (χ3n) is 5.85. The van der Waals surface area contributed by atoms with E-state index in [9.17, 15) is 0 Å². The first kappa shape index (κ1) is 19.7. The van der Waals surface area contributed by atoms with Gasteiger partial charge in [0.15, 0.2) is 0 Å². The molecule has 1 saturated heterocycles. The molecular formula is C26H30N2O. The number of methoxy groups -OCH3 is 1. The molecule has 1 fully saturated rings. The lowest BCUT2D eigenvalue weighted by molar-refractivity contribution is 0.103. The van der Waals surface area contributed by atoms with Crippen LogP contribution in [0.15, 0.2) is 84.9 Å². The van der Waals surface area contributed by atoms with Gasteiger partial charge >= 0.3 is 0 Å². The Balaban J connectivity index is 1.56. The van der Waals surface area contributed by atoms with Crippen molar-refractivity contribution in [3.63, 3.8) is 0 Å². The van der Waals surface area contributed by atoms with Crippen LogP contribution in [-0.2, 0) is 13.1 Å². The van der Waals surface area contributed by atoms with Crippen molar-refractivity contribution in [2.75, 3.05) is 13.7 Å². The normalized spacial score (nSPS) is 19.8. The van der Waals surface area contributed by atoms with Gasteiger partial charge in [-0.15, -0.1) is 0 Å². The first-order chi connectivity index (χ1) is 14.3. The second kappa shape index (κ2) is 9.73. The minimum atomic E-state index is 0.361. The molecule has 150 valence electrons. The van der Waals surface area contributed by atoms with Crippen molar-refractivity contribution in [1.82, 2.24) is 10.2 Å². The van der Waals surface area contributed by atoms with E-state index in [1.54, 1.807) is 7.11 Å². The Labute approximate surface area is 174 Å². The van der Waals surface area contributed by atoms with Gasteiger partial charge in [0.25, 0.3) is 0 Å². The predicted molar refractivity (Wildman–Crippen MR) is 119 cm³/mol. The maximum Gasteiger partial charge on any atom is 0.123 e. The third-order valence-corrected chi connectivity index (χ3v) is 5.85. The summed E-state index contributed by atoms with van der Waals surface area (Å²) < 4.78 is 5.55.